The zero-order valence-corrected chi connectivity index (χ0v) is 21.6. The highest BCUT2D eigenvalue weighted by atomic mass is 35.5. The fraction of sp³-hybridized carbons (Fsp3) is 0.250. The van der Waals surface area contributed by atoms with Crippen LogP contribution in [0.1, 0.15) is 38.2 Å². The number of nitrogens with zero attached hydrogens (tertiary/aromatic N) is 2. The topological polar surface area (TPSA) is 93.5 Å². The minimum Gasteiger partial charge on any atom is -0.481 e. The summed E-state index contributed by atoms with van der Waals surface area (Å²) in [7, 11) is 0. The lowest BCUT2D eigenvalue weighted by molar-refractivity contribution is -0.140. The lowest BCUT2D eigenvalue weighted by Crippen LogP contribution is -2.35. The molecule has 1 fully saturated rings. The lowest BCUT2D eigenvalue weighted by Gasteiger charge is -2.29. The van der Waals surface area contributed by atoms with Gasteiger partial charge in [0, 0.05) is 17.0 Å². The van der Waals surface area contributed by atoms with E-state index >= 15 is 0 Å². The summed E-state index contributed by atoms with van der Waals surface area (Å²) in [5, 5.41) is 17.4. The third-order valence-electron chi connectivity index (χ3n) is 7.05. The van der Waals surface area contributed by atoms with E-state index in [-0.39, 0.29) is 5.02 Å². The smallest absolute Gasteiger partial charge is 0.413 e. The van der Waals surface area contributed by atoms with Crippen LogP contribution in [0.3, 0.4) is 0 Å². The maximum Gasteiger partial charge on any atom is 0.413 e. The van der Waals surface area contributed by atoms with E-state index in [1.807, 2.05) is 67.6 Å². The molecule has 0 spiro atoms. The van der Waals surface area contributed by atoms with Crippen LogP contribution in [0, 0.1) is 0 Å². The number of aliphatic carboxylic acids is 1. The van der Waals surface area contributed by atoms with E-state index in [0.29, 0.717) is 42.2 Å². The number of carboxylic acid groups (broad SMARTS) is 1. The molecule has 37 heavy (non-hydrogen) atoms. The standard InChI is InChI=1S/C28H25Cl2N3O4/c1-2-27(12-4-3-5-13-27)37-26(36)32-24-23(30)17-31-33(24)20-9-6-18(7-10-20)21-11-8-19(16-22(21)29)28(14-15-28)25(34)35/h3-12,16-17H,2,13-15H2,1H3,(H,32,36)(H,34,35)/t27-/m0/s1. The zero-order valence-electron chi connectivity index (χ0n) is 20.1. The average Bonchev–Trinajstić information content (AvgIpc) is 3.64. The molecule has 0 bridgehead atoms. The fourth-order valence-corrected chi connectivity index (χ4v) is 5.04. The van der Waals surface area contributed by atoms with Crippen molar-refractivity contribution in [2.45, 2.75) is 43.6 Å². The van der Waals surface area contributed by atoms with Gasteiger partial charge >= 0.3 is 12.1 Å². The Bertz CT molecular complexity index is 1420. The molecule has 0 aliphatic heterocycles. The number of rotatable bonds is 7. The third-order valence-corrected chi connectivity index (χ3v) is 7.64. The van der Waals surface area contributed by atoms with E-state index in [1.165, 1.54) is 10.9 Å². The number of amides is 1. The molecule has 1 atom stereocenters. The van der Waals surface area contributed by atoms with Gasteiger partial charge in [-0.3, -0.25) is 10.1 Å². The zero-order chi connectivity index (χ0) is 26.2. The highest BCUT2D eigenvalue weighted by molar-refractivity contribution is 6.33. The minimum absolute atomic E-state index is 0.275. The molecule has 1 heterocycles. The number of benzene rings is 2. The lowest BCUT2D eigenvalue weighted by atomic mass is 9.92. The summed E-state index contributed by atoms with van der Waals surface area (Å²) in [6, 6.07) is 12.8. The number of carbonyl (C=O) groups excluding carboxylic acids is 1. The second-order valence-corrected chi connectivity index (χ2v) is 10.1. The first-order valence-corrected chi connectivity index (χ1v) is 12.7. The third kappa shape index (κ3) is 4.77. The Kier molecular flexibility index (Phi) is 6.60. The molecule has 0 radical (unpaired) electrons. The van der Waals surface area contributed by atoms with Gasteiger partial charge in [-0.15, -0.1) is 0 Å². The van der Waals surface area contributed by atoms with Crippen molar-refractivity contribution < 1.29 is 19.4 Å². The molecule has 0 saturated heterocycles. The molecule has 5 rings (SSSR count). The molecular formula is C28H25Cl2N3O4. The quantitative estimate of drug-likeness (QED) is 0.333. The Morgan fingerprint density at radius 2 is 1.86 bits per heavy atom. The number of hydrogen-bond donors (Lipinski definition) is 2. The molecule has 1 saturated carbocycles. The number of allylic oxidation sites excluding steroid dienone is 2. The Morgan fingerprint density at radius 3 is 2.46 bits per heavy atom. The van der Waals surface area contributed by atoms with Crippen molar-refractivity contribution in [3.63, 3.8) is 0 Å². The van der Waals surface area contributed by atoms with Crippen molar-refractivity contribution >= 4 is 41.1 Å². The van der Waals surface area contributed by atoms with Crippen LogP contribution in [-0.4, -0.2) is 32.6 Å². The van der Waals surface area contributed by atoms with E-state index in [1.54, 1.807) is 6.07 Å². The van der Waals surface area contributed by atoms with E-state index in [4.69, 9.17) is 27.9 Å². The fourth-order valence-electron chi connectivity index (χ4n) is 4.58. The van der Waals surface area contributed by atoms with Crippen LogP contribution in [0.5, 0.6) is 0 Å². The van der Waals surface area contributed by atoms with Gasteiger partial charge in [0.25, 0.3) is 0 Å². The van der Waals surface area contributed by atoms with Crippen LogP contribution in [0.2, 0.25) is 10.0 Å². The van der Waals surface area contributed by atoms with E-state index in [2.05, 4.69) is 10.4 Å². The molecule has 3 aromatic rings. The van der Waals surface area contributed by atoms with Crippen molar-refractivity contribution in [1.82, 2.24) is 9.78 Å². The summed E-state index contributed by atoms with van der Waals surface area (Å²) in [5.74, 6) is -0.518. The first kappa shape index (κ1) is 25.1. The number of aromatic nitrogens is 2. The van der Waals surface area contributed by atoms with Gasteiger partial charge in [0.1, 0.15) is 10.6 Å². The predicted molar refractivity (Wildman–Crippen MR) is 144 cm³/mol. The van der Waals surface area contributed by atoms with Crippen LogP contribution >= 0.6 is 23.2 Å². The van der Waals surface area contributed by atoms with E-state index in [0.717, 1.165) is 16.7 Å². The maximum absolute atomic E-state index is 12.8. The summed E-state index contributed by atoms with van der Waals surface area (Å²) in [6.07, 6.45) is 10.9. The summed E-state index contributed by atoms with van der Waals surface area (Å²) in [6.45, 7) is 1.96. The number of carbonyl (C=O) groups is 2. The largest absolute Gasteiger partial charge is 0.481 e. The predicted octanol–water partition coefficient (Wildman–Crippen LogP) is 7.18. The molecule has 1 amide bonds. The number of halogens is 2. The van der Waals surface area contributed by atoms with Crippen LogP contribution in [0.4, 0.5) is 10.6 Å². The van der Waals surface area contributed by atoms with Crippen molar-refractivity contribution in [1.29, 1.82) is 0 Å². The molecule has 1 aromatic heterocycles. The molecule has 190 valence electrons. The Labute approximate surface area is 224 Å². The number of ether oxygens (including phenoxy) is 1. The van der Waals surface area contributed by atoms with Crippen LogP contribution < -0.4 is 5.32 Å². The van der Waals surface area contributed by atoms with Crippen LogP contribution in [0.25, 0.3) is 16.8 Å². The summed E-state index contributed by atoms with van der Waals surface area (Å²) >= 11 is 12.9. The Balaban J connectivity index is 1.35. The maximum atomic E-state index is 12.8. The van der Waals surface area contributed by atoms with Gasteiger partial charge in [-0.1, -0.05) is 72.6 Å². The first-order valence-electron chi connectivity index (χ1n) is 12.0. The van der Waals surface area contributed by atoms with Crippen molar-refractivity contribution in [2.75, 3.05) is 5.32 Å². The highest BCUT2D eigenvalue weighted by Gasteiger charge is 2.51. The second kappa shape index (κ2) is 9.72. The molecular weight excluding hydrogens is 513 g/mol. The minimum atomic E-state index is -0.816. The van der Waals surface area contributed by atoms with Gasteiger partial charge < -0.3 is 9.84 Å². The van der Waals surface area contributed by atoms with E-state index < -0.39 is 23.1 Å². The van der Waals surface area contributed by atoms with Gasteiger partial charge in [-0.05, 0) is 54.7 Å². The van der Waals surface area contributed by atoms with Gasteiger partial charge in [-0.25, -0.2) is 9.48 Å². The van der Waals surface area contributed by atoms with Gasteiger partial charge in [0.05, 0.1) is 17.3 Å². The summed E-state index contributed by atoms with van der Waals surface area (Å²) in [5.41, 5.74) is 1.54. The molecule has 7 nitrogen and oxygen atoms in total. The summed E-state index contributed by atoms with van der Waals surface area (Å²) in [4.78, 5) is 24.4. The highest BCUT2D eigenvalue weighted by Crippen LogP contribution is 2.49. The van der Waals surface area contributed by atoms with Gasteiger partial charge in [0.2, 0.25) is 0 Å². The molecule has 2 aliphatic carbocycles. The van der Waals surface area contributed by atoms with Crippen molar-refractivity contribution in [3.8, 4) is 16.8 Å². The molecule has 9 heteroatoms. The summed E-state index contributed by atoms with van der Waals surface area (Å²) < 4.78 is 7.28. The Morgan fingerprint density at radius 1 is 1.11 bits per heavy atom. The van der Waals surface area contributed by atoms with Gasteiger partial charge in [0.15, 0.2) is 5.82 Å². The number of nitrogens with one attached hydrogen (secondary N) is 1. The number of hydrogen-bond acceptors (Lipinski definition) is 4. The molecule has 2 aliphatic rings. The van der Waals surface area contributed by atoms with Crippen molar-refractivity contribution in [3.05, 3.63) is 88.6 Å². The molecule has 0 unspecified atom stereocenters. The SMILES string of the molecule is CC[C@]1(OC(=O)Nc2c(Cl)cnn2-c2ccc(-c3ccc(C4(C(=O)O)CC4)cc3Cl)cc2)C=CC=CC1. The molecule has 2 N–H and O–H groups in total. The number of anilines is 1. The van der Waals surface area contributed by atoms with E-state index in [9.17, 15) is 14.7 Å². The van der Waals surface area contributed by atoms with Crippen LogP contribution in [0.15, 0.2) is 73.0 Å². The Hall–Kier alpha value is -3.55. The first-order chi connectivity index (χ1) is 17.8. The van der Waals surface area contributed by atoms with Crippen LogP contribution in [-0.2, 0) is 14.9 Å². The second-order valence-electron chi connectivity index (χ2n) is 9.31. The van der Waals surface area contributed by atoms with Crippen molar-refractivity contribution in [2.24, 2.45) is 0 Å². The normalized spacial score (nSPS) is 19.4. The van der Waals surface area contributed by atoms with Gasteiger partial charge in [-0.2, -0.15) is 5.10 Å². The monoisotopic (exact) mass is 537 g/mol. The number of carboxylic acids is 1. The average molecular weight is 538 g/mol. The molecule has 2 aromatic carbocycles.